The van der Waals surface area contributed by atoms with Crippen molar-refractivity contribution in [2.45, 2.75) is 27.2 Å². The van der Waals surface area contributed by atoms with E-state index in [1.165, 1.54) is 5.70 Å². The molecule has 0 spiro atoms. The molecule has 19 heavy (non-hydrogen) atoms. The number of rotatable bonds is 1. The molecule has 3 heteroatoms. The molecule has 0 bridgehead atoms. The van der Waals surface area contributed by atoms with Crippen LogP contribution in [-0.4, -0.2) is 9.55 Å². The summed E-state index contributed by atoms with van der Waals surface area (Å²) in [5.41, 5.74) is 3.17. The minimum Gasteiger partial charge on any atom is -0.288 e. The first kappa shape index (κ1) is 12.0. The SMILES string of the molecule is CC1CC=C(n2c(C#N)nc3ccccc32)C1(C)C. The maximum Gasteiger partial charge on any atom is 0.218 e. The van der Waals surface area contributed by atoms with E-state index in [1.54, 1.807) is 0 Å². The highest BCUT2D eigenvalue weighted by Gasteiger charge is 2.36. The summed E-state index contributed by atoms with van der Waals surface area (Å²) < 4.78 is 2.03. The quantitative estimate of drug-likeness (QED) is 0.773. The number of hydrogen-bond acceptors (Lipinski definition) is 2. The second-order valence-electron chi connectivity index (χ2n) is 5.82. The summed E-state index contributed by atoms with van der Waals surface area (Å²) in [4.78, 5) is 4.43. The Bertz CT molecular complexity index is 713. The number of nitriles is 1. The Morgan fingerprint density at radius 3 is 2.74 bits per heavy atom. The first-order valence-electron chi connectivity index (χ1n) is 6.64. The van der Waals surface area contributed by atoms with Gasteiger partial charge in [-0.15, -0.1) is 0 Å². The van der Waals surface area contributed by atoms with Gasteiger partial charge in [0.25, 0.3) is 0 Å². The highest BCUT2D eigenvalue weighted by Crippen LogP contribution is 2.46. The lowest BCUT2D eigenvalue weighted by Gasteiger charge is -2.29. The summed E-state index contributed by atoms with van der Waals surface area (Å²) in [5, 5.41) is 9.36. The molecule has 1 atom stereocenters. The van der Waals surface area contributed by atoms with Gasteiger partial charge >= 0.3 is 0 Å². The molecule has 1 aliphatic carbocycles. The molecular weight excluding hydrogens is 234 g/mol. The van der Waals surface area contributed by atoms with Crippen LogP contribution in [0.5, 0.6) is 0 Å². The molecule has 0 fully saturated rings. The first-order chi connectivity index (χ1) is 9.05. The van der Waals surface area contributed by atoms with E-state index in [0.29, 0.717) is 11.7 Å². The van der Waals surface area contributed by atoms with Gasteiger partial charge in [-0.1, -0.05) is 39.0 Å². The fourth-order valence-electron chi connectivity index (χ4n) is 2.82. The van der Waals surface area contributed by atoms with Crippen molar-refractivity contribution in [1.29, 1.82) is 5.26 Å². The number of benzene rings is 1. The molecule has 1 unspecified atom stereocenters. The number of imidazole rings is 1. The van der Waals surface area contributed by atoms with Crippen molar-refractivity contribution in [3.63, 3.8) is 0 Å². The smallest absolute Gasteiger partial charge is 0.218 e. The predicted molar refractivity (Wildman–Crippen MR) is 76.3 cm³/mol. The lowest BCUT2D eigenvalue weighted by Crippen LogP contribution is -2.21. The van der Waals surface area contributed by atoms with Crippen molar-refractivity contribution in [2.75, 3.05) is 0 Å². The number of aromatic nitrogens is 2. The van der Waals surface area contributed by atoms with Crippen molar-refractivity contribution in [2.24, 2.45) is 11.3 Å². The molecule has 0 N–H and O–H groups in total. The van der Waals surface area contributed by atoms with Crippen LogP contribution in [0.2, 0.25) is 0 Å². The molecule has 1 heterocycles. The van der Waals surface area contributed by atoms with Crippen LogP contribution in [0.15, 0.2) is 30.3 Å². The molecule has 0 radical (unpaired) electrons. The summed E-state index contributed by atoms with van der Waals surface area (Å²) >= 11 is 0. The zero-order valence-electron chi connectivity index (χ0n) is 11.5. The fraction of sp³-hybridized carbons (Fsp3) is 0.375. The molecule has 1 aromatic heterocycles. The van der Waals surface area contributed by atoms with E-state index in [9.17, 15) is 5.26 Å². The monoisotopic (exact) mass is 251 g/mol. The number of nitrogens with zero attached hydrogens (tertiary/aromatic N) is 3. The van der Waals surface area contributed by atoms with Gasteiger partial charge in [0, 0.05) is 11.1 Å². The topological polar surface area (TPSA) is 41.6 Å². The zero-order chi connectivity index (χ0) is 13.6. The van der Waals surface area contributed by atoms with E-state index in [-0.39, 0.29) is 5.41 Å². The van der Waals surface area contributed by atoms with Crippen LogP contribution >= 0.6 is 0 Å². The van der Waals surface area contributed by atoms with Gasteiger partial charge in [0.2, 0.25) is 5.82 Å². The maximum atomic E-state index is 9.36. The Labute approximate surface area is 113 Å². The minimum atomic E-state index is 0.0646. The molecule has 1 aromatic carbocycles. The summed E-state index contributed by atoms with van der Waals surface area (Å²) in [7, 11) is 0. The largest absolute Gasteiger partial charge is 0.288 e. The first-order valence-corrected chi connectivity index (χ1v) is 6.64. The molecule has 3 rings (SSSR count). The number of allylic oxidation sites excluding steroid dienone is 2. The van der Waals surface area contributed by atoms with Crippen LogP contribution in [0.1, 0.15) is 33.0 Å². The van der Waals surface area contributed by atoms with Crippen molar-refractivity contribution in [3.8, 4) is 6.07 Å². The highest BCUT2D eigenvalue weighted by atomic mass is 15.1. The van der Waals surface area contributed by atoms with E-state index in [0.717, 1.165) is 17.5 Å². The van der Waals surface area contributed by atoms with Gasteiger partial charge in [0.15, 0.2) is 0 Å². The normalized spacial score (nSPS) is 21.4. The van der Waals surface area contributed by atoms with Crippen LogP contribution in [0.4, 0.5) is 0 Å². The van der Waals surface area contributed by atoms with Gasteiger partial charge in [-0.2, -0.15) is 5.26 Å². The standard InChI is InChI=1S/C16H17N3/c1-11-8-9-14(16(11,2)3)19-13-7-5-4-6-12(13)18-15(19)10-17/h4-7,9,11H,8H2,1-3H3. The van der Waals surface area contributed by atoms with E-state index >= 15 is 0 Å². The van der Waals surface area contributed by atoms with Gasteiger partial charge in [-0.05, 0) is 24.5 Å². The van der Waals surface area contributed by atoms with Crippen LogP contribution in [-0.2, 0) is 0 Å². The molecule has 0 aliphatic heterocycles. The predicted octanol–water partition coefficient (Wildman–Crippen LogP) is 3.81. The molecule has 2 aromatic rings. The Balaban J connectivity index is 2.29. The summed E-state index contributed by atoms with van der Waals surface area (Å²) in [6.45, 7) is 6.74. The van der Waals surface area contributed by atoms with Crippen LogP contribution in [0, 0.1) is 22.7 Å². The van der Waals surface area contributed by atoms with Gasteiger partial charge in [-0.3, -0.25) is 4.57 Å². The maximum absolute atomic E-state index is 9.36. The van der Waals surface area contributed by atoms with Gasteiger partial charge < -0.3 is 0 Å². The Kier molecular flexibility index (Phi) is 2.50. The van der Waals surface area contributed by atoms with Crippen molar-refractivity contribution in [1.82, 2.24) is 9.55 Å². The number of para-hydroxylation sites is 2. The second-order valence-corrected chi connectivity index (χ2v) is 5.82. The van der Waals surface area contributed by atoms with E-state index in [1.807, 2.05) is 28.8 Å². The summed E-state index contributed by atoms with van der Waals surface area (Å²) in [5.74, 6) is 1.06. The van der Waals surface area contributed by atoms with Crippen molar-refractivity contribution < 1.29 is 0 Å². The van der Waals surface area contributed by atoms with E-state index < -0.39 is 0 Å². The number of fused-ring (bicyclic) bond motifs is 1. The lowest BCUT2D eigenvalue weighted by molar-refractivity contribution is 0.338. The van der Waals surface area contributed by atoms with Crippen molar-refractivity contribution in [3.05, 3.63) is 36.2 Å². The molecule has 3 nitrogen and oxygen atoms in total. The van der Waals surface area contributed by atoms with Crippen molar-refractivity contribution >= 4 is 16.7 Å². The zero-order valence-corrected chi connectivity index (χ0v) is 11.5. The van der Waals surface area contributed by atoms with E-state index in [4.69, 9.17) is 0 Å². The van der Waals surface area contributed by atoms with Crippen LogP contribution in [0.3, 0.4) is 0 Å². The summed E-state index contributed by atoms with van der Waals surface area (Å²) in [6.07, 6.45) is 3.30. The Hall–Kier alpha value is -2.08. The van der Waals surface area contributed by atoms with E-state index in [2.05, 4.69) is 37.9 Å². The minimum absolute atomic E-state index is 0.0646. The van der Waals surface area contributed by atoms with Gasteiger partial charge in [0.1, 0.15) is 6.07 Å². The second kappa shape index (κ2) is 3.96. The average molecular weight is 251 g/mol. The third-order valence-corrected chi connectivity index (χ3v) is 4.46. The van der Waals surface area contributed by atoms with Gasteiger partial charge in [-0.25, -0.2) is 4.98 Å². The molecule has 0 amide bonds. The molecule has 1 aliphatic rings. The lowest BCUT2D eigenvalue weighted by atomic mass is 9.81. The average Bonchev–Trinajstić information content (AvgIpc) is 2.88. The molecule has 96 valence electrons. The van der Waals surface area contributed by atoms with Gasteiger partial charge in [0.05, 0.1) is 11.0 Å². The van der Waals surface area contributed by atoms with Crippen LogP contribution in [0.25, 0.3) is 16.7 Å². The third-order valence-electron chi connectivity index (χ3n) is 4.46. The Morgan fingerprint density at radius 1 is 1.37 bits per heavy atom. The van der Waals surface area contributed by atoms with Crippen LogP contribution < -0.4 is 0 Å². The summed E-state index contributed by atoms with van der Waals surface area (Å²) in [6, 6.07) is 10.2. The molecule has 0 saturated carbocycles. The molecule has 0 saturated heterocycles. The Morgan fingerprint density at radius 2 is 2.11 bits per heavy atom. The number of hydrogen-bond donors (Lipinski definition) is 0. The third kappa shape index (κ3) is 1.60. The fourth-order valence-corrected chi connectivity index (χ4v) is 2.82. The molecular formula is C16H17N3. The highest BCUT2D eigenvalue weighted by molar-refractivity contribution is 5.82.